The third-order valence-electron chi connectivity index (χ3n) is 3.52. The van der Waals surface area contributed by atoms with Crippen LogP contribution in [-0.2, 0) is 16.3 Å². The molecule has 1 aliphatic rings. The summed E-state index contributed by atoms with van der Waals surface area (Å²) in [7, 11) is -1.22. The molecule has 6 nitrogen and oxygen atoms in total. The van der Waals surface area contributed by atoms with Crippen molar-refractivity contribution < 1.29 is 13.2 Å². The smallest absolute Gasteiger partial charge is 0.254 e. The zero-order valence-electron chi connectivity index (χ0n) is 12.4. The van der Waals surface area contributed by atoms with Gasteiger partial charge in [-0.25, -0.2) is 13.4 Å². The minimum atomic E-state index is -2.98. The van der Waals surface area contributed by atoms with Crippen molar-refractivity contribution in [1.82, 2.24) is 9.88 Å². The normalized spacial score (nSPS) is 17.5. The van der Waals surface area contributed by atoms with Crippen molar-refractivity contribution in [2.24, 2.45) is 0 Å². The number of carbonyl (C=O) groups excluding carboxylic acids is 1. The number of hydrogen-bond acceptors (Lipinski definition) is 5. The zero-order chi connectivity index (χ0) is 15.5. The lowest BCUT2D eigenvalue weighted by Gasteiger charge is -2.27. The van der Waals surface area contributed by atoms with Gasteiger partial charge in [-0.15, -0.1) is 0 Å². The van der Waals surface area contributed by atoms with E-state index in [0.717, 1.165) is 18.5 Å². The molecule has 2 heterocycles. The number of aryl methyl sites for hydroxylation is 1. The Bertz CT molecular complexity index is 614. The Labute approximate surface area is 125 Å². The van der Waals surface area contributed by atoms with Crippen molar-refractivity contribution >= 4 is 21.6 Å². The summed E-state index contributed by atoms with van der Waals surface area (Å²) in [6.45, 7) is 2.59. The first-order chi connectivity index (χ1) is 9.95. The molecule has 0 atom stereocenters. The fourth-order valence-corrected chi connectivity index (χ4v) is 3.52. The summed E-state index contributed by atoms with van der Waals surface area (Å²) in [4.78, 5) is 18.5. The average Bonchev–Trinajstić information content (AvgIpc) is 2.46. The van der Waals surface area contributed by atoms with Crippen LogP contribution in [0, 0.1) is 0 Å². The molecule has 1 aliphatic heterocycles. The van der Waals surface area contributed by atoms with Gasteiger partial charge in [0.05, 0.1) is 11.5 Å². The Morgan fingerprint density at radius 1 is 1.33 bits per heavy atom. The number of rotatable bonds is 4. The Kier molecular flexibility index (Phi) is 4.82. The number of amides is 1. The number of nitrogens with one attached hydrogen (secondary N) is 1. The van der Waals surface area contributed by atoms with Gasteiger partial charge < -0.3 is 10.2 Å². The fraction of sp³-hybridized carbons (Fsp3) is 0.571. The van der Waals surface area contributed by atoms with Crippen LogP contribution in [0.2, 0.25) is 0 Å². The van der Waals surface area contributed by atoms with E-state index in [9.17, 15) is 13.2 Å². The lowest BCUT2D eigenvalue weighted by molar-refractivity contribution is 0.0770. The van der Waals surface area contributed by atoms with E-state index in [1.807, 2.05) is 0 Å². The number of anilines is 1. The first-order valence-corrected chi connectivity index (χ1v) is 8.95. The van der Waals surface area contributed by atoms with E-state index in [0.29, 0.717) is 11.4 Å². The van der Waals surface area contributed by atoms with Crippen molar-refractivity contribution in [2.45, 2.75) is 19.8 Å². The topological polar surface area (TPSA) is 79.4 Å². The molecule has 2 rings (SSSR count). The third kappa shape index (κ3) is 3.93. The molecule has 0 aliphatic carbocycles. The van der Waals surface area contributed by atoms with Gasteiger partial charge in [0.25, 0.3) is 5.91 Å². The molecule has 1 fully saturated rings. The predicted molar refractivity (Wildman–Crippen MR) is 82.3 cm³/mol. The zero-order valence-corrected chi connectivity index (χ0v) is 13.2. The fourth-order valence-electron chi connectivity index (χ4n) is 2.32. The van der Waals surface area contributed by atoms with Gasteiger partial charge in [-0.2, -0.15) is 0 Å². The lowest BCUT2D eigenvalue weighted by atomic mass is 10.1. The van der Waals surface area contributed by atoms with Gasteiger partial charge in [0.2, 0.25) is 0 Å². The molecule has 0 radical (unpaired) electrons. The van der Waals surface area contributed by atoms with Gasteiger partial charge in [0.15, 0.2) is 9.84 Å². The summed E-state index contributed by atoms with van der Waals surface area (Å²) < 4.78 is 22.9. The highest BCUT2D eigenvalue weighted by atomic mass is 32.2. The number of aromatic nitrogens is 1. The molecule has 1 amide bonds. The first kappa shape index (κ1) is 15.8. The number of hydrogen-bond donors (Lipinski definition) is 1. The Morgan fingerprint density at radius 2 is 2.00 bits per heavy atom. The highest BCUT2D eigenvalue weighted by Gasteiger charge is 2.26. The van der Waals surface area contributed by atoms with E-state index in [1.54, 1.807) is 24.1 Å². The minimum Gasteiger partial charge on any atom is -0.373 e. The van der Waals surface area contributed by atoms with E-state index in [4.69, 9.17) is 0 Å². The summed E-state index contributed by atoms with van der Waals surface area (Å²) in [6, 6.07) is 3.51. The second-order valence-electron chi connectivity index (χ2n) is 5.18. The standard InChI is InChI=1S/C14H21N3O3S/c1-3-4-12-9-11(10-13(15-2)16-12)14(18)17-5-7-21(19,20)8-6-17/h9-10H,3-8H2,1-2H3,(H,15,16). The molecule has 1 saturated heterocycles. The van der Waals surface area contributed by atoms with Crippen LogP contribution < -0.4 is 5.32 Å². The maximum Gasteiger partial charge on any atom is 0.254 e. The van der Waals surface area contributed by atoms with Crippen LogP contribution in [0.1, 0.15) is 29.4 Å². The molecule has 0 bridgehead atoms. The molecule has 0 spiro atoms. The third-order valence-corrected chi connectivity index (χ3v) is 5.13. The number of sulfone groups is 1. The molecule has 0 saturated carbocycles. The van der Waals surface area contributed by atoms with Crippen molar-refractivity contribution in [3.8, 4) is 0 Å². The monoisotopic (exact) mass is 311 g/mol. The maximum atomic E-state index is 12.5. The molecule has 21 heavy (non-hydrogen) atoms. The SMILES string of the molecule is CCCc1cc(C(=O)N2CCS(=O)(=O)CC2)cc(NC)n1. The van der Waals surface area contributed by atoms with E-state index in [2.05, 4.69) is 17.2 Å². The number of carbonyl (C=O) groups is 1. The second-order valence-corrected chi connectivity index (χ2v) is 7.48. The Hall–Kier alpha value is -1.63. The van der Waals surface area contributed by atoms with Gasteiger partial charge in [-0.1, -0.05) is 13.3 Å². The summed E-state index contributed by atoms with van der Waals surface area (Å²) in [5.74, 6) is 0.629. The van der Waals surface area contributed by atoms with Crippen LogP contribution >= 0.6 is 0 Å². The molecular formula is C14H21N3O3S. The van der Waals surface area contributed by atoms with Gasteiger partial charge in [-0.3, -0.25) is 4.79 Å². The molecule has 0 aromatic carbocycles. The second kappa shape index (κ2) is 6.43. The van der Waals surface area contributed by atoms with Crippen molar-refractivity contribution in [3.05, 3.63) is 23.4 Å². The Morgan fingerprint density at radius 3 is 2.57 bits per heavy atom. The average molecular weight is 311 g/mol. The predicted octanol–water partition coefficient (Wildman–Crippen LogP) is 0.946. The van der Waals surface area contributed by atoms with Crippen molar-refractivity contribution in [2.75, 3.05) is 37.0 Å². The van der Waals surface area contributed by atoms with Gasteiger partial charge in [-0.05, 0) is 18.6 Å². The number of nitrogens with zero attached hydrogens (tertiary/aromatic N) is 2. The van der Waals surface area contributed by atoms with Crippen LogP contribution in [0.3, 0.4) is 0 Å². The molecule has 0 unspecified atom stereocenters. The molecule has 1 aromatic heterocycles. The highest BCUT2D eigenvalue weighted by Crippen LogP contribution is 2.15. The van der Waals surface area contributed by atoms with E-state index >= 15 is 0 Å². The van der Waals surface area contributed by atoms with Crippen LogP contribution in [0.4, 0.5) is 5.82 Å². The molecule has 1 aromatic rings. The van der Waals surface area contributed by atoms with Crippen LogP contribution in [0.25, 0.3) is 0 Å². The number of pyridine rings is 1. The maximum absolute atomic E-state index is 12.5. The van der Waals surface area contributed by atoms with Crippen molar-refractivity contribution in [3.63, 3.8) is 0 Å². The van der Waals surface area contributed by atoms with E-state index < -0.39 is 9.84 Å². The summed E-state index contributed by atoms with van der Waals surface area (Å²) in [5, 5.41) is 2.96. The molecule has 7 heteroatoms. The van der Waals surface area contributed by atoms with Crippen LogP contribution in [0.5, 0.6) is 0 Å². The van der Waals surface area contributed by atoms with Crippen LogP contribution in [-0.4, -0.2) is 55.9 Å². The molecule has 116 valence electrons. The van der Waals surface area contributed by atoms with E-state index in [-0.39, 0.29) is 30.5 Å². The van der Waals surface area contributed by atoms with Crippen LogP contribution in [0.15, 0.2) is 12.1 Å². The van der Waals surface area contributed by atoms with Gasteiger partial charge in [0, 0.05) is 31.4 Å². The van der Waals surface area contributed by atoms with Crippen molar-refractivity contribution in [1.29, 1.82) is 0 Å². The van der Waals surface area contributed by atoms with E-state index in [1.165, 1.54) is 0 Å². The quantitative estimate of drug-likeness (QED) is 0.895. The largest absolute Gasteiger partial charge is 0.373 e. The highest BCUT2D eigenvalue weighted by molar-refractivity contribution is 7.91. The summed E-state index contributed by atoms with van der Waals surface area (Å²) >= 11 is 0. The minimum absolute atomic E-state index is 0.0462. The summed E-state index contributed by atoms with van der Waals surface area (Å²) in [6.07, 6.45) is 1.76. The first-order valence-electron chi connectivity index (χ1n) is 7.13. The lowest BCUT2D eigenvalue weighted by Crippen LogP contribution is -2.43. The summed E-state index contributed by atoms with van der Waals surface area (Å²) in [5.41, 5.74) is 1.44. The van der Waals surface area contributed by atoms with Gasteiger partial charge >= 0.3 is 0 Å². The molecular weight excluding hydrogens is 290 g/mol. The Balaban J connectivity index is 2.20. The van der Waals surface area contributed by atoms with Gasteiger partial charge in [0.1, 0.15) is 5.82 Å². The molecule has 1 N–H and O–H groups in total.